The number of benzene rings is 1. The predicted octanol–water partition coefficient (Wildman–Crippen LogP) is 2.36. The molecule has 1 aliphatic heterocycles. The van der Waals surface area contributed by atoms with E-state index in [2.05, 4.69) is 14.6 Å². The zero-order chi connectivity index (χ0) is 18.6. The monoisotopic (exact) mass is 397 g/mol. The van der Waals surface area contributed by atoms with Crippen LogP contribution in [0.2, 0.25) is 0 Å². The Morgan fingerprint density at radius 2 is 2.19 bits per heavy atom. The first-order chi connectivity index (χ1) is 12.5. The Morgan fingerprint density at radius 3 is 2.88 bits per heavy atom. The van der Waals surface area contributed by atoms with Gasteiger partial charge >= 0.3 is 0 Å². The van der Waals surface area contributed by atoms with Gasteiger partial charge in [-0.1, -0.05) is 0 Å². The van der Waals surface area contributed by atoms with Crippen LogP contribution in [0.1, 0.15) is 12.8 Å². The number of rotatable bonds is 7. The average Bonchev–Trinajstić information content (AvgIpc) is 3.21. The normalized spacial score (nSPS) is 17.9. The second-order valence-corrected chi connectivity index (χ2v) is 8.75. The number of thiazole rings is 1. The number of methoxy groups -OCH3 is 2. The van der Waals surface area contributed by atoms with E-state index in [-0.39, 0.29) is 10.8 Å². The molecule has 0 aliphatic carbocycles. The van der Waals surface area contributed by atoms with Crippen LogP contribution in [-0.2, 0) is 10.0 Å². The van der Waals surface area contributed by atoms with Gasteiger partial charge in [-0.3, -0.25) is 0 Å². The first-order valence-electron chi connectivity index (χ1n) is 8.39. The fraction of sp³-hybridized carbons (Fsp3) is 0.471. The second-order valence-electron chi connectivity index (χ2n) is 6.14. The Balaban J connectivity index is 1.68. The maximum Gasteiger partial charge on any atom is 0.244 e. The highest BCUT2D eigenvalue weighted by Gasteiger charge is 2.25. The lowest BCUT2D eigenvalue weighted by Crippen LogP contribution is -2.41. The fourth-order valence-corrected chi connectivity index (χ4v) is 5.06. The molecule has 7 nitrogen and oxygen atoms in total. The zero-order valence-electron chi connectivity index (χ0n) is 14.8. The lowest BCUT2D eigenvalue weighted by molar-refractivity contribution is 0.390. The standard InChI is InChI=1S/C17H23N3O4S2/c1-23-14-5-6-15(24-2)16(10-14)26(21,22)19-11-13-4-3-8-20(12-13)17-18-7-9-25-17/h5-7,9-10,13,19H,3-4,8,11-12H2,1-2H3. The van der Waals surface area contributed by atoms with Crippen molar-refractivity contribution >= 4 is 26.5 Å². The molecule has 0 saturated carbocycles. The third-order valence-electron chi connectivity index (χ3n) is 4.43. The van der Waals surface area contributed by atoms with Crippen molar-refractivity contribution in [2.24, 2.45) is 5.92 Å². The molecule has 1 aliphatic rings. The molecule has 1 aromatic carbocycles. The summed E-state index contributed by atoms with van der Waals surface area (Å²) in [5, 5.41) is 2.95. The number of piperidine rings is 1. The number of ether oxygens (including phenoxy) is 2. The average molecular weight is 398 g/mol. The minimum Gasteiger partial charge on any atom is -0.497 e. The molecule has 1 N–H and O–H groups in total. The molecule has 2 heterocycles. The number of anilines is 1. The number of nitrogens with zero attached hydrogens (tertiary/aromatic N) is 2. The molecule has 1 atom stereocenters. The third-order valence-corrected chi connectivity index (χ3v) is 6.71. The van der Waals surface area contributed by atoms with Crippen molar-refractivity contribution in [3.8, 4) is 11.5 Å². The molecular formula is C17H23N3O4S2. The number of hydrogen-bond acceptors (Lipinski definition) is 7. The van der Waals surface area contributed by atoms with Gasteiger partial charge in [-0.25, -0.2) is 18.1 Å². The van der Waals surface area contributed by atoms with Gasteiger partial charge in [0.2, 0.25) is 10.0 Å². The molecule has 1 saturated heterocycles. The quantitative estimate of drug-likeness (QED) is 0.772. The number of aromatic nitrogens is 1. The molecule has 2 aromatic rings. The summed E-state index contributed by atoms with van der Waals surface area (Å²) < 4.78 is 38.6. The lowest BCUT2D eigenvalue weighted by atomic mass is 9.99. The second kappa shape index (κ2) is 8.24. The molecule has 9 heteroatoms. The van der Waals surface area contributed by atoms with Gasteiger partial charge in [0.1, 0.15) is 16.4 Å². The number of nitrogens with one attached hydrogen (secondary N) is 1. The predicted molar refractivity (Wildman–Crippen MR) is 102 cm³/mol. The van der Waals surface area contributed by atoms with Crippen molar-refractivity contribution < 1.29 is 17.9 Å². The molecule has 0 amide bonds. The van der Waals surface area contributed by atoms with Gasteiger partial charge in [0.15, 0.2) is 5.13 Å². The molecular weight excluding hydrogens is 374 g/mol. The summed E-state index contributed by atoms with van der Waals surface area (Å²) in [7, 11) is -0.740. The van der Waals surface area contributed by atoms with E-state index in [1.807, 2.05) is 5.38 Å². The molecule has 142 valence electrons. The van der Waals surface area contributed by atoms with Crippen molar-refractivity contribution in [3.63, 3.8) is 0 Å². The Bertz CT molecular complexity index is 825. The van der Waals surface area contributed by atoms with Crippen LogP contribution in [0, 0.1) is 5.92 Å². The SMILES string of the molecule is COc1ccc(OC)c(S(=O)(=O)NCC2CCCN(c3nccs3)C2)c1. The lowest BCUT2D eigenvalue weighted by Gasteiger charge is -2.32. The van der Waals surface area contributed by atoms with Crippen LogP contribution >= 0.6 is 11.3 Å². The van der Waals surface area contributed by atoms with Crippen molar-refractivity contribution in [1.29, 1.82) is 0 Å². The summed E-state index contributed by atoms with van der Waals surface area (Å²) in [5.41, 5.74) is 0. The Hall–Kier alpha value is -1.84. The highest BCUT2D eigenvalue weighted by Crippen LogP contribution is 2.29. The van der Waals surface area contributed by atoms with Crippen molar-refractivity contribution in [3.05, 3.63) is 29.8 Å². The minimum absolute atomic E-state index is 0.0898. The van der Waals surface area contributed by atoms with Gasteiger partial charge in [-0.2, -0.15) is 0 Å². The summed E-state index contributed by atoms with van der Waals surface area (Å²) in [5.74, 6) is 1.00. The third kappa shape index (κ3) is 4.28. The molecule has 0 radical (unpaired) electrons. The fourth-order valence-electron chi connectivity index (χ4n) is 3.08. The first-order valence-corrected chi connectivity index (χ1v) is 10.8. The number of hydrogen-bond donors (Lipinski definition) is 1. The summed E-state index contributed by atoms with van der Waals surface area (Å²) in [6, 6.07) is 4.74. The maximum atomic E-state index is 12.8. The van der Waals surface area contributed by atoms with E-state index in [9.17, 15) is 8.42 Å². The van der Waals surface area contributed by atoms with E-state index >= 15 is 0 Å². The molecule has 0 bridgehead atoms. The van der Waals surface area contributed by atoms with Gasteiger partial charge < -0.3 is 14.4 Å². The van der Waals surface area contributed by atoms with Crippen LogP contribution in [0.4, 0.5) is 5.13 Å². The van der Waals surface area contributed by atoms with Crippen molar-refractivity contribution in [1.82, 2.24) is 9.71 Å². The van der Waals surface area contributed by atoms with Gasteiger partial charge in [0.25, 0.3) is 0 Å². The Labute approximate surface area is 158 Å². The van der Waals surface area contributed by atoms with Gasteiger partial charge in [-0.15, -0.1) is 11.3 Å². The molecule has 3 rings (SSSR count). The summed E-state index contributed by atoms with van der Waals surface area (Å²) in [4.78, 5) is 6.66. The summed E-state index contributed by atoms with van der Waals surface area (Å²) in [6.07, 6.45) is 3.80. The van der Waals surface area contributed by atoms with E-state index < -0.39 is 10.0 Å². The highest BCUT2D eigenvalue weighted by atomic mass is 32.2. The van der Waals surface area contributed by atoms with Gasteiger partial charge in [0.05, 0.1) is 14.2 Å². The van der Waals surface area contributed by atoms with E-state index in [1.54, 1.807) is 29.7 Å². The molecule has 1 fully saturated rings. The maximum absolute atomic E-state index is 12.8. The zero-order valence-corrected chi connectivity index (χ0v) is 16.5. The van der Waals surface area contributed by atoms with Gasteiger partial charge in [0, 0.05) is 37.3 Å². The largest absolute Gasteiger partial charge is 0.497 e. The van der Waals surface area contributed by atoms with Gasteiger partial charge in [-0.05, 0) is 30.9 Å². The highest BCUT2D eigenvalue weighted by molar-refractivity contribution is 7.89. The topological polar surface area (TPSA) is 80.8 Å². The van der Waals surface area contributed by atoms with Crippen molar-refractivity contribution in [2.45, 2.75) is 17.7 Å². The van der Waals surface area contributed by atoms with Crippen LogP contribution in [0.25, 0.3) is 0 Å². The molecule has 0 spiro atoms. The Kier molecular flexibility index (Phi) is 6.00. The molecule has 1 aromatic heterocycles. The van der Waals surface area contributed by atoms with Crippen LogP contribution in [-0.4, -0.2) is 47.3 Å². The van der Waals surface area contributed by atoms with E-state index in [1.165, 1.54) is 20.3 Å². The Morgan fingerprint density at radius 1 is 1.35 bits per heavy atom. The van der Waals surface area contributed by atoms with E-state index in [4.69, 9.17) is 9.47 Å². The van der Waals surface area contributed by atoms with Crippen LogP contribution in [0.3, 0.4) is 0 Å². The minimum atomic E-state index is -3.69. The number of sulfonamides is 1. The smallest absolute Gasteiger partial charge is 0.244 e. The summed E-state index contributed by atoms with van der Waals surface area (Å²) >= 11 is 1.61. The molecule has 26 heavy (non-hydrogen) atoms. The van der Waals surface area contributed by atoms with Crippen molar-refractivity contribution in [2.75, 3.05) is 38.8 Å². The van der Waals surface area contributed by atoms with E-state index in [0.717, 1.165) is 31.1 Å². The van der Waals surface area contributed by atoms with Crippen LogP contribution < -0.4 is 19.1 Å². The summed E-state index contributed by atoms with van der Waals surface area (Å²) in [6.45, 7) is 2.14. The van der Waals surface area contributed by atoms with E-state index in [0.29, 0.717) is 18.0 Å². The molecule has 1 unspecified atom stereocenters. The van der Waals surface area contributed by atoms with Crippen LogP contribution in [0.5, 0.6) is 11.5 Å². The first kappa shape index (κ1) is 18.9. The van der Waals surface area contributed by atoms with Crippen LogP contribution in [0.15, 0.2) is 34.7 Å².